The van der Waals surface area contributed by atoms with Crippen LogP contribution in [-0.2, 0) is 12.8 Å². The van der Waals surface area contributed by atoms with E-state index < -0.39 is 0 Å². The van der Waals surface area contributed by atoms with E-state index in [-0.39, 0.29) is 0 Å². The molecule has 0 radical (unpaired) electrons. The van der Waals surface area contributed by atoms with Crippen molar-refractivity contribution >= 4 is 6.08 Å². The smallest absolute Gasteiger partial charge is 0.00792 e. The highest BCUT2D eigenvalue weighted by Crippen LogP contribution is 2.28. The van der Waals surface area contributed by atoms with Crippen molar-refractivity contribution in [3.8, 4) is 0 Å². The molecule has 0 aliphatic heterocycles. The molecule has 1 aromatic carbocycles. The first-order valence-corrected chi connectivity index (χ1v) is 6.38. The van der Waals surface area contributed by atoms with E-state index in [0.717, 1.165) is 12.8 Å². The molecule has 0 spiro atoms. The molecule has 2 aliphatic carbocycles. The van der Waals surface area contributed by atoms with Gasteiger partial charge in [-0.2, -0.15) is 0 Å². The first kappa shape index (κ1) is 10.1. The predicted molar refractivity (Wildman–Crippen MR) is 68.3 cm³/mol. The Morgan fingerprint density at radius 3 is 2.81 bits per heavy atom. The van der Waals surface area contributed by atoms with Crippen LogP contribution in [0.15, 0.2) is 23.8 Å². The molecule has 0 heterocycles. The average molecular weight is 213 g/mol. The summed E-state index contributed by atoms with van der Waals surface area (Å²) in [5.41, 5.74) is 12.0. The van der Waals surface area contributed by atoms with E-state index in [1.807, 2.05) is 0 Å². The van der Waals surface area contributed by atoms with E-state index in [9.17, 15) is 0 Å². The molecule has 1 atom stereocenters. The number of hydrogen-bond donors (Lipinski definition) is 1. The van der Waals surface area contributed by atoms with E-state index in [0.29, 0.717) is 6.04 Å². The van der Waals surface area contributed by atoms with Crippen molar-refractivity contribution in [3.63, 3.8) is 0 Å². The van der Waals surface area contributed by atoms with Gasteiger partial charge in [0.05, 0.1) is 0 Å². The molecule has 1 saturated carbocycles. The number of fused-ring (bicyclic) bond motifs is 1. The minimum Gasteiger partial charge on any atom is -0.327 e. The first-order chi connectivity index (χ1) is 7.81. The Morgan fingerprint density at radius 2 is 2.00 bits per heavy atom. The van der Waals surface area contributed by atoms with Gasteiger partial charge < -0.3 is 5.73 Å². The molecule has 2 aliphatic rings. The lowest BCUT2D eigenvalue weighted by atomic mass is 10.0. The summed E-state index contributed by atoms with van der Waals surface area (Å²) in [6.07, 6.45) is 9.68. The zero-order chi connectivity index (χ0) is 11.0. The third-order valence-electron chi connectivity index (χ3n) is 3.85. The second-order valence-corrected chi connectivity index (χ2v) is 5.19. The van der Waals surface area contributed by atoms with Crippen LogP contribution < -0.4 is 5.73 Å². The van der Waals surface area contributed by atoms with Gasteiger partial charge in [0.25, 0.3) is 0 Å². The lowest BCUT2D eigenvalue weighted by molar-refractivity contribution is 0.711. The Kier molecular flexibility index (Phi) is 2.56. The van der Waals surface area contributed by atoms with E-state index in [2.05, 4.69) is 24.3 Å². The van der Waals surface area contributed by atoms with Gasteiger partial charge >= 0.3 is 0 Å². The fourth-order valence-electron chi connectivity index (χ4n) is 2.96. The topological polar surface area (TPSA) is 26.0 Å². The fraction of sp³-hybridized carbons (Fsp3) is 0.467. The van der Waals surface area contributed by atoms with Crippen molar-refractivity contribution < 1.29 is 0 Å². The van der Waals surface area contributed by atoms with Crippen molar-refractivity contribution in [1.82, 2.24) is 0 Å². The Balaban J connectivity index is 1.85. The molecule has 1 aromatic rings. The van der Waals surface area contributed by atoms with Crippen LogP contribution in [0.4, 0.5) is 0 Å². The van der Waals surface area contributed by atoms with E-state index >= 15 is 0 Å². The third-order valence-corrected chi connectivity index (χ3v) is 3.85. The molecule has 84 valence electrons. The lowest BCUT2D eigenvalue weighted by Crippen LogP contribution is -2.13. The number of hydrogen-bond acceptors (Lipinski definition) is 1. The van der Waals surface area contributed by atoms with Gasteiger partial charge in [-0.15, -0.1) is 0 Å². The van der Waals surface area contributed by atoms with Gasteiger partial charge in [-0.05, 0) is 55.2 Å². The summed E-state index contributed by atoms with van der Waals surface area (Å²) in [4.78, 5) is 0. The molecule has 1 fully saturated rings. The monoisotopic (exact) mass is 213 g/mol. The Morgan fingerprint density at radius 1 is 1.12 bits per heavy atom. The maximum atomic E-state index is 5.93. The predicted octanol–water partition coefficient (Wildman–Crippen LogP) is 3.07. The highest BCUT2D eigenvalue weighted by atomic mass is 14.6. The second kappa shape index (κ2) is 4.06. The largest absolute Gasteiger partial charge is 0.327 e. The van der Waals surface area contributed by atoms with Crippen LogP contribution in [0.5, 0.6) is 0 Å². The van der Waals surface area contributed by atoms with Crippen LogP contribution in [0.2, 0.25) is 0 Å². The molecule has 16 heavy (non-hydrogen) atoms. The Labute approximate surface area is 97.4 Å². The van der Waals surface area contributed by atoms with Crippen LogP contribution in [0.3, 0.4) is 0 Å². The van der Waals surface area contributed by atoms with Gasteiger partial charge in [-0.1, -0.05) is 29.8 Å². The molecular weight excluding hydrogens is 194 g/mol. The normalized spacial score (nSPS) is 26.3. The summed E-state index contributed by atoms with van der Waals surface area (Å²) >= 11 is 0. The number of aryl methyl sites for hydroxylation is 2. The van der Waals surface area contributed by atoms with Gasteiger partial charge in [0.2, 0.25) is 0 Å². The van der Waals surface area contributed by atoms with E-state index in [1.54, 1.807) is 11.1 Å². The maximum Gasteiger partial charge on any atom is 0.00792 e. The molecule has 0 saturated heterocycles. The van der Waals surface area contributed by atoms with Crippen LogP contribution in [0, 0.1) is 0 Å². The highest BCUT2D eigenvalue weighted by Gasteiger charge is 2.15. The van der Waals surface area contributed by atoms with Gasteiger partial charge in [-0.25, -0.2) is 0 Å². The molecule has 1 heteroatoms. The standard InChI is InChI=1S/C15H19N/c16-15-7-5-12(10-15)8-11-4-6-13-2-1-3-14(13)9-11/h4,6,8-9,15H,1-3,5,7,10,16H2. The molecule has 1 unspecified atom stereocenters. The minimum atomic E-state index is 0.403. The summed E-state index contributed by atoms with van der Waals surface area (Å²) in [6, 6.07) is 7.35. The summed E-state index contributed by atoms with van der Waals surface area (Å²) < 4.78 is 0. The molecule has 2 N–H and O–H groups in total. The molecule has 3 rings (SSSR count). The maximum absolute atomic E-state index is 5.93. The number of benzene rings is 1. The minimum absolute atomic E-state index is 0.403. The van der Waals surface area contributed by atoms with Crippen molar-refractivity contribution in [2.45, 2.75) is 44.6 Å². The SMILES string of the molecule is NC1CCC(=Cc2ccc3c(c2)CCC3)C1. The van der Waals surface area contributed by atoms with Crippen LogP contribution in [0.25, 0.3) is 6.08 Å². The highest BCUT2D eigenvalue weighted by molar-refractivity contribution is 5.56. The first-order valence-electron chi connectivity index (χ1n) is 6.38. The summed E-state index contributed by atoms with van der Waals surface area (Å²) in [5, 5.41) is 0. The summed E-state index contributed by atoms with van der Waals surface area (Å²) in [7, 11) is 0. The van der Waals surface area contributed by atoms with Gasteiger partial charge in [-0.3, -0.25) is 0 Å². The zero-order valence-electron chi connectivity index (χ0n) is 9.71. The van der Waals surface area contributed by atoms with E-state index in [4.69, 9.17) is 5.73 Å². The molecule has 0 aromatic heterocycles. The summed E-state index contributed by atoms with van der Waals surface area (Å²) in [5.74, 6) is 0. The quantitative estimate of drug-likeness (QED) is 0.762. The molecule has 0 bridgehead atoms. The second-order valence-electron chi connectivity index (χ2n) is 5.19. The van der Waals surface area contributed by atoms with Crippen molar-refractivity contribution in [3.05, 3.63) is 40.5 Å². The van der Waals surface area contributed by atoms with Gasteiger partial charge in [0.15, 0.2) is 0 Å². The van der Waals surface area contributed by atoms with Crippen LogP contribution >= 0.6 is 0 Å². The van der Waals surface area contributed by atoms with Gasteiger partial charge in [0, 0.05) is 6.04 Å². The van der Waals surface area contributed by atoms with Crippen molar-refractivity contribution in [2.24, 2.45) is 5.73 Å². The molecule has 0 amide bonds. The van der Waals surface area contributed by atoms with Crippen molar-refractivity contribution in [1.29, 1.82) is 0 Å². The van der Waals surface area contributed by atoms with Crippen LogP contribution in [-0.4, -0.2) is 6.04 Å². The Hall–Kier alpha value is -1.08. The number of nitrogens with two attached hydrogens (primary N) is 1. The molecule has 1 nitrogen and oxygen atoms in total. The lowest BCUT2D eigenvalue weighted by Gasteiger charge is -2.02. The van der Waals surface area contributed by atoms with E-state index in [1.165, 1.54) is 36.8 Å². The third kappa shape index (κ3) is 1.92. The zero-order valence-corrected chi connectivity index (χ0v) is 9.71. The summed E-state index contributed by atoms with van der Waals surface area (Å²) in [6.45, 7) is 0. The van der Waals surface area contributed by atoms with Crippen molar-refractivity contribution in [2.75, 3.05) is 0 Å². The average Bonchev–Trinajstić information content (AvgIpc) is 2.87. The van der Waals surface area contributed by atoms with Gasteiger partial charge in [0.1, 0.15) is 0 Å². The number of rotatable bonds is 1. The van der Waals surface area contributed by atoms with Crippen LogP contribution in [0.1, 0.15) is 42.4 Å². The molecular formula is C15H19N. The Bertz CT molecular complexity index is 431. The fourth-order valence-corrected chi connectivity index (χ4v) is 2.96.